The maximum atomic E-state index is 13.1. The topological polar surface area (TPSA) is 56.1 Å². The number of benzene rings is 2. The van der Waals surface area contributed by atoms with Gasteiger partial charge in [-0.2, -0.15) is 0 Å². The SMILES string of the molecule is CN(C)C1CC(c2ccc(F)cc2)=Nc2c1ccc(O)c2O. The standard InChI is InChI=1S/C17H17FN2O2/c1-20(2)14-9-13(10-3-5-11(18)6-4-10)19-16-12(14)7-8-15(21)17(16)22/h3-8,14,21-22H,9H2,1-2H3. The number of aromatic hydroxyl groups is 2. The molecule has 1 aliphatic rings. The van der Waals surface area contributed by atoms with Crippen LogP contribution in [0.5, 0.6) is 11.5 Å². The van der Waals surface area contributed by atoms with Crippen molar-refractivity contribution in [2.75, 3.05) is 14.1 Å². The van der Waals surface area contributed by atoms with Gasteiger partial charge in [-0.25, -0.2) is 9.38 Å². The lowest BCUT2D eigenvalue weighted by atomic mass is 9.91. The number of nitrogens with zero attached hydrogens (tertiary/aromatic N) is 2. The summed E-state index contributed by atoms with van der Waals surface area (Å²) in [6.07, 6.45) is 0.649. The molecule has 0 saturated heterocycles. The Bertz CT molecular complexity index is 739. The lowest BCUT2D eigenvalue weighted by molar-refractivity contribution is 0.303. The van der Waals surface area contributed by atoms with E-state index in [0.717, 1.165) is 16.8 Å². The van der Waals surface area contributed by atoms with Gasteiger partial charge in [-0.15, -0.1) is 0 Å². The zero-order chi connectivity index (χ0) is 15.9. The van der Waals surface area contributed by atoms with Gasteiger partial charge in [0.15, 0.2) is 11.5 Å². The predicted molar refractivity (Wildman–Crippen MR) is 83.4 cm³/mol. The van der Waals surface area contributed by atoms with Gasteiger partial charge in [-0.05, 0) is 43.4 Å². The van der Waals surface area contributed by atoms with Crippen LogP contribution in [0.15, 0.2) is 41.4 Å². The molecule has 0 fully saturated rings. The summed E-state index contributed by atoms with van der Waals surface area (Å²) >= 11 is 0. The average molecular weight is 300 g/mol. The molecule has 2 aromatic rings. The van der Waals surface area contributed by atoms with Gasteiger partial charge in [0.05, 0.1) is 5.71 Å². The van der Waals surface area contributed by atoms with E-state index in [4.69, 9.17) is 0 Å². The van der Waals surface area contributed by atoms with Crippen LogP contribution in [0.2, 0.25) is 0 Å². The first-order chi connectivity index (χ1) is 10.5. The minimum absolute atomic E-state index is 0.0269. The Kier molecular flexibility index (Phi) is 3.58. The van der Waals surface area contributed by atoms with Gasteiger partial charge in [0.1, 0.15) is 11.5 Å². The van der Waals surface area contributed by atoms with E-state index in [1.54, 1.807) is 18.2 Å². The van der Waals surface area contributed by atoms with Crippen molar-refractivity contribution in [3.05, 3.63) is 53.3 Å². The summed E-state index contributed by atoms with van der Waals surface area (Å²) < 4.78 is 13.1. The Morgan fingerprint density at radius 3 is 2.41 bits per heavy atom. The minimum Gasteiger partial charge on any atom is -0.504 e. The quantitative estimate of drug-likeness (QED) is 0.836. The molecule has 2 N–H and O–H groups in total. The highest BCUT2D eigenvalue weighted by atomic mass is 19.1. The van der Waals surface area contributed by atoms with Gasteiger partial charge in [0.25, 0.3) is 0 Å². The van der Waals surface area contributed by atoms with E-state index >= 15 is 0 Å². The molecule has 114 valence electrons. The Labute approximate surface area is 128 Å². The first-order valence-electron chi connectivity index (χ1n) is 7.02. The summed E-state index contributed by atoms with van der Waals surface area (Å²) in [4.78, 5) is 6.53. The van der Waals surface area contributed by atoms with E-state index in [9.17, 15) is 14.6 Å². The van der Waals surface area contributed by atoms with Crippen molar-refractivity contribution in [1.29, 1.82) is 0 Å². The molecule has 0 bridgehead atoms. The monoisotopic (exact) mass is 300 g/mol. The summed E-state index contributed by atoms with van der Waals surface area (Å²) in [5, 5.41) is 19.8. The molecule has 0 aromatic heterocycles. The van der Waals surface area contributed by atoms with Crippen LogP contribution in [0.4, 0.5) is 10.1 Å². The van der Waals surface area contributed by atoms with Crippen LogP contribution in [0.25, 0.3) is 0 Å². The zero-order valence-corrected chi connectivity index (χ0v) is 12.4. The van der Waals surface area contributed by atoms with Crippen molar-refractivity contribution < 1.29 is 14.6 Å². The molecule has 2 aromatic carbocycles. The van der Waals surface area contributed by atoms with Crippen molar-refractivity contribution in [1.82, 2.24) is 4.90 Å². The lowest BCUT2D eigenvalue weighted by Crippen LogP contribution is -2.25. The summed E-state index contributed by atoms with van der Waals surface area (Å²) in [7, 11) is 3.90. The van der Waals surface area contributed by atoms with E-state index in [2.05, 4.69) is 4.99 Å². The number of fused-ring (bicyclic) bond motifs is 1. The highest BCUT2D eigenvalue weighted by molar-refractivity contribution is 6.04. The lowest BCUT2D eigenvalue weighted by Gasteiger charge is -2.30. The maximum absolute atomic E-state index is 13.1. The summed E-state index contributed by atoms with van der Waals surface area (Å²) in [5.74, 6) is -0.714. The molecular formula is C17H17FN2O2. The van der Waals surface area contributed by atoms with Gasteiger partial charge in [0.2, 0.25) is 0 Å². The van der Waals surface area contributed by atoms with Crippen LogP contribution in [0.1, 0.15) is 23.6 Å². The second kappa shape index (κ2) is 5.42. The third kappa shape index (κ3) is 2.44. The molecule has 1 atom stereocenters. The van der Waals surface area contributed by atoms with Gasteiger partial charge in [-0.3, -0.25) is 0 Å². The third-order valence-electron chi connectivity index (χ3n) is 3.95. The van der Waals surface area contributed by atoms with Crippen LogP contribution in [-0.4, -0.2) is 34.9 Å². The van der Waals surface area contributed by atoms with E-state index in [0.29, 0.717) is 12.1 Å². The molecule has 0 spiro atoms. The number of hydrogen-bond acceptors (Lipinski definition) is 4. The Hall–Kier alpha value is -2.40. The van der Waals surface area contributed by atoms with Crippen LogP contribution in [0, 0.1) is 5.82 Å². The number of halogens is 1. The molecule has 4 nitrogen and oxygen atoms in total. The van der Waals surface area contributed by atoms with Gasteiger partial charge in [0, 0.05) is 12.5 Å². The molecule has 0 radical (unpaired) electrons. The Balaban J connectivity index is 2.15. The Morgan fingerprint density at radius 1 is 1.09 bits per heavy atom. The third-order valence-corrected chi connectivity index (χ3v) is 3.95. The first-order valence-corrected chi connectivity index (χ1v) is 7.02. The smallest absolute Gasteiger partial charge is 0.184 e. The fraction of sp³-hybridized carbons (Fsp3) is 0.235. The first kappa shape index (κ1) is 14.5. The van der Waals surface area contributed by atoms with Crippen LogP contribution in [-0.2, 0) is 0 Å². The van der Waals surface area contributed by atoms with Crippen LogP contribution >= 0.6 is 0 Å². The number of hydrogen-bond donors (Lipinski definition) is 2. The molecular weight excluding hydrogens is 283 g/mol. The fourth-order valence-corrected chi connectivity index (χ4v) is 2.73. The van der Waals surface area contributed by atoms with Crippen molar-refractivity contribution >= 4 is 11.4 Å². The molecule has 1 heterocycles. The van der Waals surface area contributed by atoms with Crippen LogP contribution in [0.3, 0.4) is 0 Å². The van der Waals surface area contributed by atoms with E-state index < -0.39 is 0 Å². The number of phenols is 2. The fourth-order valence-electron chi connectivity index (χ4n) is 2.73. The van der Waals surface area contributed by atoms with E-state index in [1.165, 1.54) is 18.2 Å². The molecule has 5 heteroatoms. The van der Waals surface area contributed by atoms with Crippen LogP contribution < -0.4 is 0 Å². The van der Waals surface area contributed by atoms with Gasteiger partial charge < -0.3 is 15.1 Å². The predicted octanol–water partition coefficient (Wildman–Crippen LogP) is 3.36. The molecule has 1 unspecified atom stereocenters. The highest BCUT2D eigenvalue weighted by Gasteiger charge is 2.28. The zero-order valence-electron chi connectivity index (χ0n) is 12.4. The second-order valence-corrected chi connectivity index (χ2v) is 5.62. The Morgan fingerprint density at radius 2 is 1.77 bits per heavy atom. The van der Waals surface area contributed by atoms with Gasteiger partial charge in [-0.1, -0.05) is 18.2 Å². The maximum Gasteiger partial charge on any atom is 0.184 e. The van der Waals surface area contributed by atoms with Crippen molar-refractivity contribution in [2.45, 2.75) is 12.5 Å². The number of rotatable bonds is 2. The number of phenolic OH excluding ortho intramolecular Hbond substituents is 2. The summed E-state index contributed by atoms with van der Waals surface area (Å²) in [5.41, 5.74) is 2.81. The molecule has 22 heavy (non-hydrogen) atoms. The molecule has 1 aliphatic heterocycles. The average Bonchev–Trinajstić information content (AvgIpc) is 2.51. The largest absolute Gasteiger partial charge is 0.504 e. The summed E-state index contributed by atoms with van der Waals surface area (Å²) in [6.45, 7) is 0. The van der Waals surface area contributed by atoms with E-state index in [-0.39, 0.29) is 23.4 Å². The van der Waals surface area contributed by atoms with Crippen molar-refractivity contribution in [3.8, 4) is 11.5 Å². The summed E-state index contributed by atoms with van der Waals surface area (Å²) in [6, 6.07) is 9.40. The van der Waals surface area contributed by atoms with Crippen molar-refractivity contribution in [2.24, 2.45) is 4.99 Å². The van der Waals surface area contributed by atoms with Crippen molar-refractivity contribution in [3.63, 3.8) is 0 Å². The normalized spacial score (nSPS) is 17.3. The minimum atomic E-state index is -0.301. The van der Waals surface area contributed by atoms with Gasteiger partial charge >= 0.3 is 0 Å². The molecule has 3 rings (SSSR count). The second-order valence-electron chi connectivity index (χ2n) is 5.62. The number of aliphatic imine (C=N–C) groups is 1. The molecule has 0 saturated carbocycles. The molecule has 0 amide bonds. The van der Waals surface area contributed by atoms with E-state index in [1.807, 2.05) is 19.0 Å². The highest BCUT2D eigenvalue weighted by Crippen LogP contribution is 2.46. The molecule has 0 aliphatic carbocycles.